The van der Waals surface area contributed by atoms with E-state index < -0.39 is 0 Å². The zero-order valence-electron chi connectivity index (χ0n) is 16.8. The molecule has 30 heavy (non-hydrogen) atoms. The molecule has 0 saturated carbocycles. The van der Waals surface area contributed by atoms with Crippen LogP contribution in [-0.4, -0.2) is 52.4 Å². The SMILES string of the molecule is CC1(C(=O)N2CCC(c3ccc(C(=O)NCc4ccn5ccnc5c4)s3)C2)COC1. The van der Waals surface area contributed by atoms with Crippen LogP contribution in [0.4, 0.5) is 0 Å². The van der Waals surface area contributed by atoms with E-state index in [0.717, 1.165) is 30.7 Å². The van der Waals surface area contributed by atoms with Crippen molar-refractivity contribution in [1.29, 1.82) is 0 Å². The van der Waals surface area contributed by atoms with Crippen molar-refractivity contribution >= 4 is 28.8 Å². The molecular weight excluding hydrogens is 400 g/mol. The van der Waals surface area contributed by atoms with Crippen molar-refractivity contribution in [3.05, 3.63) is 58.2 Å². The van der Waals surface area contributed by atoms with Gasteiger partial charge >= 0.3 is 0 Å². The largest absolute Gasteiger partial charge is 0.379 e. The molecule has 1 atom stereocenters. The summed E-state index contributed by atoms with van der Waals surface area (Å²) in [4.78, 5) is 33.4. The fourth-order valence-corrected chi connectivity index (χ4v) is 5.17. The second-order valence-corrected chi connectivity index (χ2v) is 9.52. The number of thiophene rings is 1. The fourth-order valence-electron chi connectivity index (χ4n) is 4.12. The van der Waals surface area contributed by atoms with Crippen LogP contribution in [0.5, 0.6) is 0 Å². The number of hydrogen-bond donors (Lipinski definition) is 1. The molecule has 0 bridgehead atoms. The van der Waals surface area contributed by atoms with E-state index in [1.165, 1.54) is 16.2 Å². The minimum atomic E-state index is -0.352. The van der Waals surface area contributed by atoms with Gasteiger partial charge in [0.1, 0.15) is 5.65 Å². The molecule has 1 unspecified atom stereocenters. The van der Waals surface area contributed by atoms with E-state index in [1.54, 1.807) is 6.20 Å². The van der Waals surface area contributed by atoms with Gasteiger partial charge in [-0.3, -0.25) is 9.59 Å². The third-order valence-electron chi connectivity index (χ3n) is 6.00. The number of aromatic nitrogens is 2. The molecule has 156 valence electrons. The Morgan fingerprint density at radius 1 is 1.30 bits per heavy atom. The van der Waals surface area contributed by atoms with E-state index in [2.05, 4.69) is 10.3 Å². The first-order valence-electron chi connectivity index (χ1n) is 10.2. The smallest absolute Gasteiger partial charge is 0.261 e. The number of likely N-dealkylation sites (tertiary alicyclic amines) is 1. The lowest BCUT2D eigenvalue weighted by Gasteiger charge is -2.39. The molecule has 2 saturated heterocycles. The molecular formula is C22H24N4O3S. The van der Waals surface area contributed by atoms with Crippen molar-refractivity contribution in [2.24, 2.45) is 5.41 Å². The van der Waals surface area contributed by atoms with E-state index >= 15 is 0 Å². The van der Waals surface area contributed by atoms with Gasteiger partial charge in [-0.1, -0.05) is 0 Å². The first-order chi connectivity index (χ1) is 14.5. The molecule has 8 heteroatoms. The fraction of sp³-hybridized carbons (Fsp3) is 0.409. The predicted octanol–water partition coefficient (Wildman–Crippen LogP) is 2.68. The van der Waals surface area contributed by atoms with Gasteiger partial charge in [0.05, 0.1) is 23.5 Å². The molecule has 2 aliphatic heterocycles. The Morgan fingerprint density at radius 3 is 2.97 bits per heavy atom. The van der Waals surface area contributed by atoms with Crippen LogP contribution in [-0.2, 0) is 16.1 Å². The Labute approximate surface area is 178 Å². The molecule has 1 N–H and O–H groups in total. The Balaban J connectivity index is 1.19. The Bertz CT molecular complexity index is 1100. The number of rotatable bonds is 5. The summed E-state index contributed by atoms with van der Waals surface area (Å²) in [7, 11) is 0. The molecule has 5 heterocycles. The molecule has 3 aromatic heterocycles. The molecule has 5 rings (SSSR count). The maximum atomic E-state index is 12.7. The van der Waals surface area contributed by atoms with Gasteiger partial charge in [-0.25, -0.2) is 4.98 Å². The van der Waals surface area contributed by atoms with E-state index in [4.69, 9.17) is 4.74 Å². The van der Waals surface area contributed by atoms with E-state index in [0.29, 0.717) is 30.6 Å². The molecule has 0 radical (unpaired) electrons. The Morgan fingerprint density at radius 2 is 2.17 bits per heavy atom. The van der Waals surface area contributed by atoms with Gasteiger partial charge in [-0.15, -0.1) is 11.3 Å². The highest BCUT2D eigenvalue weighted by atomic mass is 32.1. The highest BCUT2D eigenvalue weighted by Crippen LogP contribution is 2.36. The summed E-state index contributed by atoms with van der Waals surface area (Å²) >= 11 is 1.53. The minimum absolute atomic E-state index is 0.0699. The molecule has 0 aromatic carbocycles. The van der Waals surface area contributed by atoms with E-state index in [9.17, 15) is 9.59 Å². The molecule has 0 spiro atoms. The molecule has 0 aliphatic carbocycles. The summed E-state index contributed by atoms with van der Waals surface area (Å²) in [6, 6.07) is 7.87. The quantitative estimate of drug-likeness (QED) is 0.683. The predicted molar refractivity (Wildman–Crippen MR) is 114 cm³/mol. The lowest BCUT2D eigenvalue weighted by molar-refractivity contribution is -0.167. The van der Waals surface area contributed by atoms with Crippen molar-refractivity contribution in [2.45, 2.75) is 25.8 Å². The lowest BCUT2D eigenvalue weighted by atomic mass is 9.87. The first-order valence-corrected chi connectivity index (χ1v) is 11.0. The molecule has 7 nitrogen and oxygen atoms in total. The van der Waals surface area contributed by atoms with Crippen LogP contribution in [0.2, 0.25) is 0 Å². The molecule has 2 amide bonds. The van der Waals surface area contributed by atoms with Crippen molar-refractivity contribution < 1.29 is 14.3 Å². The molecule has 2 aliphatic rings. The summed E-state index contributed by atoms with van der Waals surface area (Å²) in [5.41, 5.74) is 1.52. The number of carbonyl (C=O) groups excluding carboxylic acids is 2. The average Bonchev–Trinajstić information content (AvgIpc) is 3.48. The van der Waals surface area contributed by atoms with Crippen LogP contribution in [0.25, 0.3) is 5.65 Å². The van der Waals surface area contributed by atoms with Crippen molar-refractivity contribution in [1.82, 2.24) is 19.6 Å². The van der Waals surface area contributed by atoms with Crippen LogP contribution >= 0.6 is 11.3 Å². The van der Waals surface area contributed by atoms with Gasteiger partial charge in [0.25, 0.3) is 5.91 Å². The van der Waals surface area contributed by atoms with E-state index in [1.807, 2.05) is 52.9 Å². The van der Waals surface area contributed by atoms with Gasteiger partial charge in [-0.2, -0.15) is 0 Å². The summed E-state index contributed by atoms with van der Waals surface area (Å²) in [6.45, 7) is 4.97. The number of hydrogen-bond acceptors (Lipinski definition) is 5. The summed E-state index contributed by atoms with van der Waals surface area (Å²) in [6.07, 6.45) is 6.52. The number of amides is 2. The van der Waals surface area contributed by atoms with Crippen molar-refractivity contribution in [3.8, 4) is 0 Å². The van der Waals surface area contributed by atoms with Crippen LogP contribution in [0.3, 0.4) is 0 Å². The number of nitrogens with one attached hydrogen (secondary N) is 1. The number of pyridine rings is 1. The average molecular weight is 425 g/mol. The van der Waals surface area contributed by atoms with E-state index in [-0.39, 0.29) is 17.2 Å². The number of fused-ring (bicyclic) bond motifs is 1. The summed E-state index contributed by atoms with van der Waals surface area (Å²) < 4.78 is 7.17. The van der Waals surface area contributed by atoms with Crippen LogP contribution in [0.1, 0.15) is 39.4 Å². The van der Waals surface area contributed by atoms with Crippen molar-refractivity contribution in [3.63, 3.8) is 0 Å². The third-order valence-corrected chi connectivity index (χ3v) is 7.25. The van der Waals surface area contributed by atoms with Gasteiger partial charge in [0.15, 0.2) is 0 Å². The van der Waals surface area contributed by atoms with Gasteiger partial charge in [0.2, 0.25) is 5.91 Å². The highest BCUT2D eigenvalue weighted by Gasteiger charge is 2.45. The Hall–Kier alpha value is -2.71. The number of carbonyl (C=O) groups is 2. The zero-order valence-corrected chi connectivity index (χ0v) is 17.7. The lowest BCUT2D eigenvalue weighted by Crippen LogP contribution is -2.52. The topological polar surface area (TPSA) is 75.9 Å². The van der Waals surface area contributed by atoms with Gasteiger partial charge in [-0.05, 0) is 43.2 Å². The summed E-state index contributed by atoms with van der Waals surface area (Å²) in [5, 5.41) is 2.99. The second kappa shape index (κ2) is 7.52. The summed E-state index contributed by atoms with van der Waals surface area (Å²) in [5.74, 6) is 0.424. The van der Waals surface area contributed by atoms with Gasteiger partial charge < -0.3 is 19.4 Å². The van der Waals surface area contributed by atoms with Crippen LogP contribution < -0.4 is 5.32 Å². The molecule has 2 fully saturated rings. The first kappa shape index (κ1) is 19.3. The van der Waals surface area contributed by atoms with Crippen LogP contribution in [0, 0.1) is 5.41 Å². The molecule has 3 aromatic rings. The normalized spacial score (nSPS) is 20.3. The maximum absolute atomic E-state index is 12.7. The standard InChI is InChI=1S/C22H24N4O3S/c1-22(13-29-14-22)21(28)26-8-5-16(12-26)17-2-3-18(30-17)20(27)24-11-15-4-7-25-9-6-23-19(25)10-15/h2-4,6-7,9-10,16H,5,8,11-14H2,1H3,(H,24,27). The highest BCUT2D eigenvalue weighted by molar-refractivity contribution is 7.14. The Kier molecular flexibility index (Phi) is 4.83. The second-order valence-electron chi connectivity index (χ2n) is 8.40. The third kappa shape index (κ3) is 3.50. The zero-order chi connectivity index (χ0) is 20.7. The number of ether oxygens (including phenoxy) is 1. The number of imidazole rings is 1. The maximum Gasteiger partial charge on any atom is 0.261 e. The van der Waals surface area contributed by atoms with Crippen LogP contribution in [0.15, 0.2) is 42.9 Å². The number of nitrogens with zero attached hydrogens (tertiary/aromatic N) is 3. The van der Waals surface area contributed by atoms with Crippen molar-refractivity contribution in [2.75, 3.05) is 26.3 Å². The van der Waals surface area contributed by atoms with Gasteiger partial charge in [0, 0.05) is 49.0 Å². The minimum Gasteiger partial charge on any atom is -0.379 e. The monoisotopic (exact) mass is 424 g/mol.